The van der Waals surface area contributed by atoms with Gasteiger partial charge in [0, 0.05) is 12.5 Å². The number of amides is 1. The van der Waals surface area contributed by atoms with E-state index in [0.717, 1.165) is 19.3 Å². The Labute approximate surface area is 96.4 Å². The molecule has 1 amide bonds. The van der Waals surface area contributed by atoms with Crippen molar-refractivity contribution in [2.24, 2.45) is 11.8 Å². The molecule has 16 heavy (non-hydrogen) atoms. The van der Waals surface area contributed by atoms with Crippen molar-refractivity contribution in [3.05, 3.63) is 0 Å². The summed E-state index contributed by atoms with van der Waals surface area (Å²) in [5.74, 6) is -0.139. The molecule has 2 N–H and O–H groups in total. The monoisotopic (exact) mass is 227 g/mol. The van der Waals surface area contributed by atoms with E-state index in [-0.39, 0.29) is 24.3 Å². The van der Waals surface area contributed by atoms with E-state index in [4.69, 9.17) is 5.11 Å². The number of rotatable bonds is 4. The second kappa shape index (κ2) is 5.87. The standard InChI is InChI=1S/C12H21NO3/c1-8(2)6-10-9(7-12(15)16)4-3-5-11(14)13-10/h8-10H,3-7H2,1-2H3,(H,13,14)(H,15,16)/t9-,10-/m1/s1. The summed E-state index contributed by atoms with van der Waals surface area (Å²) >= 11 is 0. The lowest BCUT2D eigenvalue weighted by atomic mass is 9.87. The fourth-order valence-electron chi connectivity index (χ4n) is 2.35. The first-order chi connectivity index (χ1) is 7.49. The average Bonchev–Trinajstić information content (AvgIpc) is 2.27. The van der Waals surface area contributed by atoms with E-state index in [1.165, 1.54) is 0 Å². The van der Waals surface area contributed by atoms with Gasteiger partial charge in [-0.3, -0.25) is 9.59 Å². The van der Waals surface area contributed by atoms with Crippen molar-refractivity contribution in [3.8, 4) is 0 Å². The summed E-state index contributed by atoms with van der Waals surface area (Å²) in [5.41, 5.74) is 0. The Balaban J connectivity index is 2.66. The number of carbonyl (C=O) groups excluding carboxylic acids is 1. The van der Waals surface area contributed by atoms with Gasteiger partial charge in [-0.25, -0.2) is 0 Å². The first-order valence-electron chi connectivity index (χ1n) is 6.00. The summed E-state index contributed by atoms with van der Waals surface area (Å²) in [7, 11) is 0. The molecular formula is C12H21NO3. The zero-order valence-corrected chi connectivity index (χ0v) is 10.0. The Morgan fingerprint density at radius 1 is 1.56 bits per heavy atom. The Morgan fingerprint density at radius 3 is 2.81 bits per heavy atom. The molecule has 92 valence electrons. The molecule has 0 radical (unpaired) electrons. The molecule has 1 aliphatic heterocycles. The number of carboxylic acids is 1. The largest absolute Gasteiger partial charge is 0.481 e. The van der Waals surface area contributed by atoms with E-state index in [1.807, 2.05) is 0 Å². The van der Waals surface area contributed by atoms with Gasteiger partial charge in [-0.15, -0.1) is 0 Å². The topological polar surface area (TPSA) is 66.4 Å². The molecule has 1 saturated heterocycles. The molecule has 0 bridgehead atoms. The molecule has 0 aromatic rings. The van der Waals surface area contributed by atoms with E-state index >= 15 is 0 Å². The van der Waals surface area contributed by atoms with Crippen LogP contribution in [-0.2, 0) is 9.59 Å². The molecule has 1 rings (SSSR count). The number of hydrogen-bond donors (Lipinski definition) is 2. The molecule has 1 aliphatic rings. The van der Waals surface area contributed by atoms with Crippen LogP contribution in [0.4, 0.5) is 0 Å². The number of aliphatic carboxylic acids is 1. The Kier molecular flexibility index (Phi) is 4.77. The molecule has 4 heteroatoms. The Hall–Kier alpha value is -1.06. The van der Waals surface area contributed by atoms with Crippen molar-refractivity contribution in [2.75, 3.05) is 0 Å². The number of carbonyl (C=O) groups is 2. The van der Waals surface area contributed by atoms with Gasteiger partial charge in [0.05, 0.1) is 6.42 Å². The van der Waals surface area contributed by atoms with Crippen LogP contribution in [0.2, 0.25) is 0 Å². The normalized spacial score (nSPS) is 26.3. The molecule has 1 fully saturated rings. The van der Waals surface area contributed by atoms with Crippen LogP contribution in [0, 0.1) is 11.8 Å². The predicted molar refractivity (Wildman–Crippen MR) is 61.0 cm³/mol. The third-order valence-corrected chi connectivity index (χ3v) is 3.06. The minimum atomic E-state index is -0.769. The number of carboxylic acid groups (broad SMARTS) is 1. The van der Waals surface area contributed by atoms with Gasteiger partial charge in [-0.05, 0) is 31.1 Å². The summed E-state index contributed by atoms with van der Waals surface area (Å²) < 4.78 is 0. The van der Waals surface area contributed by atoms with E-state index in [0.29, 0.717) is 12.3 Å². The number of nitrogens with one attached hydrogen (secondary N) is 1. The molecular weight excluding hydrogens is 206 g/mol. The highest BCUT2D eigenvalue weighted by Crippen LogP contribution is 2.24. The van der Waals surface area contributed by atoms with Gasteiger partial charge in [0.15, 0.2) is 0 Å². The molecule has 0 aromatic carbocycles. The van der Waals surface area contributed by atoms with E-state index in [2.05, 4.69) is 19.2 Å². The van der Waals surface area contributed by atoms with Gasteiger partial charge in [-0.1, -0.05) is 13.8 Å². The lowest BCUT2D eigenvalue weighted by molar-refractivity contribution is -0.138. The van der Waals surface area contributed by atoms with Crippen LogP contribution >= 0.6 is 0 Å². The predicted octanol–water partition coefficient (Wildman–Crippen LogP) is 1.79. The molecule has 0 unspecified atom stereocenters. The first-order valence-corrected chi connectivity index (χ1v) is 6.00. The van der Waals surface area contributed by atoms with Crippen molar-refractivity contribution >= 4 is 11.9 Å². The van der Waals surface area contributed by atoms with Gasteiger partial charge < -0.3 is 10.4 Å². The Morgan fingerprint density at radius 2 is 2.25 bits per heavy atom. The van der Waals surface area contributed by atoms with Crippen LogP contribution in [0.3, 0.4) is 0 Å². The highest BCUT2D eigenvalue weighted by Gasteiger charge is 2.28. The summed E-state index contributed by atoms with van der Waals surface area (Å²) in [5, 5.41) is 11.8. The molecule has 0 aliphatic carbocycles. The van der Waals surface area contributed by atoms with Gasteiger partial charge in [-0.2, -0.15) is 0 Å². The maximum Gasteiger partial charge on any atom is 0.303 e. The maximum absolute atomic E-state index is 11.4. The third kappa shape index (κ3) is 4.21. The fraction of sp³-hybridized carbons (Fsp3) is 0.833. The highest BCUT2D eigenvalue weighted by molar-refractivity contribution is 5.76. The first kappa shape index (κ1) is 13.0. The van der Waals surface area contributed by atoms with Crippen LogP contribution in [0.15, 0.2) is 0 Å². The quantitative estimate of drug-likeness (QED) is 0.769. The second-order valence-corrected chi connectivity index (χ2v) is 5.05. The summed E-state index contributed by atoms with van der Waals surface area (Å²) in [6, 6.07) is 0.0334. The molecule has 4 nitrogen and oxygen atoms in total. The Bertz CT molecular complexity index is 263. The van der Waals surface area contributed by atoms with E-state index in [1.54, 1.807) is 0 Å². The second-order valence-electron chi connectivity index (χ2n) is 5.05. The van der Waals surface area contributed by atoms with Crippen molar-refractivity contribution in [2.45, 2.75) is 52.0 Å². The van der Waals surface area contributed by atoms with Crippen LogP contribution in [0.1, 0.15) is 46.0 Å². The molecule has 0 spiro atoms. The zero-order chi connectivity index (χ0) is 12.1. The minimum Gasteiger partial charge on any atom is -0.481 e. The van der Waals surface area contributed by atoms with Crippen LogP contribution in [-0.4, -0.2) is 23.0 Å². The van der Waals surface area contributed by atoms with E-state index < -0.39 is 5.97 Å². The molecule has 0 aromatic heterocycles. The zero-order valence-electron chi connectivity index (χ0n) is 10.0. The van der Waals surface area contributed by atoms with Crippen LogP contribution in [0.5, 0.6) is 0 Å². The van der Waals surface area contributed by atoms with E-state index in [9.17, 15) is 9.59 Å². The van der Waals surface area contributed by atoms with Gasteiger partial charge >= 0.3 is 5.97 Å². The lowest BCUT2D eigenvalue weighted by Gasteiger charge is -2.26. The smallest absolute Gasteiger partial charge is 0.303 e. The van der Waals surface area contributed by atoms with Crippen LogP contribution in [0.25, 0.3) is 0 Å². The molecule has 2 atom stereocenters. The highest BCUT2D eigenvalue weighted by atomic mass is 16.4. The summed E-state index contributed by atoms with van der Waals surface area (Å²) in [6.45, 7) is 4.18. The molecule has 0 saturated carbocycles. The van der Waals surface area contributed by atoms with Crippen molar-refractivity contribution < 1.29 is 14.7 Å². The van der Waals surface area contributed by atoms with Crippen molar-refractivity contribution in [1.82, 2.24) is 5.32 Å². The van der Waals surface area contributed by atoms with Crippen molar-refractivity contribution in [3.63, 3.8) is 0 Å². The average molecular weight is 227 g/mol. The van der Waals surface area contributed by atoms with Gasteiger partial charge in [0.2, 0.25) is 5.91 Å². The van der Waals surface area contributed by atoms with Gasteiger partial charge in [0.1, 0.15) is 0 Å². The van der Waals surface area contributed by atoms with Gasteiger partial charge in [0.25, 0.3) is 0 Å². The van der Waals surface area contributed by atoms with Crippen LogP contribution < -0.4 is 5.32 Å². The summed E-state index contributed by atoms with van der Waals surface area (Å²) in [4.78, 5) is 22.2. The maximum atomic E-state index is 11.4. The lowest BCUT2D eigenvalue weighted by Crippen LogP contribution is -2.39. The number of hydrogen-bond acceptors (Lipinski definition) is 2. The summed E-state index contributed by atoms with van der Waals surface area (Å²) in [6.07, 6.45) is 3.20. The molecule has 1 heterocycles. The third-order valence-electron chi connectivity index (χ3n) is 3.06. The fourth-order valence-corrected chi connectivity index (χ4v) is 2.35. The minimum absolute atomic E-state index is 0.0334. The SMILES string of the molecule is CC(C)C[C@H]1NC(=O)CCC[C@@H]1CC(=O)O. The van der Waals surface area contributed by atoms with Crippen molar-refractivity contribution in [1.29, 1.82) is 0 Å².